The Bertz CT molecular complexity index is 242. The van der Waals surface area contributed by atoms with E-state index < -0.39 is 0 Å². The summed E-state index contributed by atoms with van der Waals surface area (Å²) in [4.78, 5) is 14.6. The molecule has 16 heavy (non-hydrogen) atoms. The second-order valence-corrected chi connectivity index (χ2v) is 5.70. The predicted octanol–water partition coefficient (Wildman–Crippen LogP) is 2.01. The van der Waals surface area contributed by atoms with Gasteiger partial charge in [0.15, 0.2) is 0 Å². The van der Waals surface area contributed by atoms with Crippen LogP contribution in [0.5, 0.6) is 0 Å². The maximum Gasteiger partial charge on any atom is 0.230 e. The second-order valence-electron chi connectivity index (χ2n) is 5.70. The normalized spacial score (nSPS) is 19.6. The minimum atomic E-state index is -0.364. The molecule has 3 nitrogen and oxygen atoms in total. The van der Waals surface area contributed by atoms with Crippen LogP contribution < -0.4 is 5.73 Å². The van der Waals surface area contributed by atoms with Crippen LogP contribution in [0, 0.1) is 11.3 Å². The highest BCUT2D eigenvalue weighted by Crippen LogP contribution is 2.32. The van der Waals surface area contributed by atoms with Crippen molar-refractivity contribution >= 4 is 5.91 Å². The zero-order valence-electron chi connectivity index (χ0n) is 11.1. The SMILES string of the molecule is CCC(C)(CN)C(=O)N(CC(C)C)C1CC1. The van der Waals surface area contributed by atoms with E-state index in [0.717, 1.165) is 13.0 Å². The van der Waals surface area contributed by atoms with Crippen molar-refractivity contribution in [1.29, 1.82) is 0 Å². The van der Waals surface area contributed by atoms with Gasteiger partial charge in [0.2, 0.25) is 5.91 Å². The first kappa shape index (κ1) is 13.5. The van der Waals surface area contributed by atoms with Gasteiger partial charge in [0.05, 0.1) is 5.41 Å². The third-order valence-electron chi connectivity index (χ3n) is 3.56. The van der Waals surface area contributed by atoms with E-state index in [0.29, 0.717) is 18.5 Å². The van der Waals surface area contributed by atoms with Gasteiger partial charge >= 0.3 is 0 Å². The van der Waals surface area contributed by atoms with Crippen molar-refractivity contribution in [2.24, 2.45) is 17.1 Å². The van der Waals surface area contributed by atoms with Crippen molar-refractivity contribution in [2.45, 2.75) is 53.0 Å². The molecule has 0 aromatic carbocycles. The zero-order chi connectivity index (χ0) is 12.3. The molecule has 0 aliphatic heterocycles. The van der Waals surface area contributed by atoms with E-state index >= 15 is 0 Å². The number of amides is 1. The zero-order valence-corrected chi connectivity index (χ0v) is 11.1. The van der Waals surface area contributed by atoms with Gasteiger partial charge < -0.3 is 10.6 Å². The Labute approximate surface area is 99.4 Å². The van der Waals surface area contributed by atoms with Gasteiger partial charge in [-0.05, 0) is 32.1 Å². The highest BCUT2D eigenvalue weighted by molar-refractivity contribution is 5.83. The minimum absolute atomic E-state index is 0.258. The molecular formula is C13H26N2O. The van der Waals surface area contributed by atoms with Crippen LogP contribution in [-0.2, 0) is 4.79 Å². The number of carbonyl (C=O) groups is 1. The molecule has 0 bridgehead atoms. The summed E-state index contributed by atoms with van der Waals surface area (Å²) < 4.78 is 0. The van der Waals surface area contributed by atoms with Crippen LogP contribution in [-0.4, -0.2) is 29.9 Å². The molecule has 1 saturated carbocycles. The van der Waals surface area contributed by atoms with Crippen LogP contribution in [0.1, 0.15) is 47.0 Å². The van der Waals surface area contributed by atoms with Gasteiger partial charge in [-0.25, -0.2) is 0 Å². The van der Waals surface area contributed by atoms with Crippen LogP contribution >= 0.6 is 0 Å². The second kappa shape index (κ2) is 5.17. The van der Waals surface area contributed by atoms with Crippen LogP contribution in [0.25, 0.3) is 0 Å². The average molecular weight is 226 g/mol. The summed E-state index contributed by atoms with van der Waals surface area (Å²) in [5.74, 6) is 0.789. The fraction of sp³-hybridized carbons (Fsp3) is 0.923. The first-order chi connectivity index (χ1) is 7.44. The molecule has 1 atom stereocenters. The van der Waals surface area contributed by atoms with E-state index in [4.69, 9.17) is 5.73 Å². The van der Waals surface area contributed by atoms with Gasteiger partial charge in [0, 0.05) is 19.1 Å². The standard InChI is InChI=1S/C13H26N2O/c1-5-13(4,9-14)12(16)15(8-10(2)3)11-6-7-11/h10-11H,5-9,14H2,1-4H3. The summed E-state index contributed by atoms with van der Waals surface area (Å²) in [6, 6.07) is 0.493. The molecule has 1 unspecified atom stereocenters. The van der Waals surface area contributed by atoms with Gasteiger partial charge in [0.25, 0.3) is 0 Å². The van der Waals surface area contributed by atoms with E-state index in [1.54, 1.807) is 0 Å². The number of hydrogen-bond acceptors (Lipinski definition) is 2. The van der Waals surface area contributed by atoms with Crippen molar-refractivity contribution in [3.63, 3.8) is 0 Å². The molecular weight excluding hydrogens is 200 g/mol. The van der Waals surface area contributed by atoms with Crippen LogP contribution in [0.15, 0.2) is 0 Å². The summed E-state index contributed by atoms with van der Waals surface area (Å²) in [6.45, 7) is 9.68. The summed E-state index contributed by atoms with van der Waals surface area (Å²) in [6.07, 6.45) is 3.16. The largest absolute Gasteiger partial charge is 0.339 e. The van der Waals surface area contributed by atoms with E-state index in [2.05, 4.69) is 18.7 Å². The lowest BCUT2D eigenvalue weighted by Crippen LogP contribution is -2.48. The topological polar surface area (TPSA) is 46.3 Å². The fourth-order valence-electron chi connectivity index (χ4n) is 1.91. The van der Waals surface area contributed by atoms with E-state index in [9.17, 15) is 4.79 Å². The predicted molar refractivity (Wildman–Crippen MR) is 67.0 cm³/mol. The van der Waals surface area contributed by atoms with Crippen LogP contribution in [0.4, 0.5) is 0 Å². The molecule has 1 aliphatic carbocycles. The molecule has 1 rings (SSSR count). The van der Waals surface area contributed by atoms with E-state index in [1.807, 2.05) is 13.8 Å². The Morgan fingerprint density at radius 2 is 2.06 bits per heavy atom. The fourth-order valence-corrected chi connectivity index (χ4v) is 1.91. The Morgan fingerprint density at radius 1 is 1.50 bits per heavy atom. The van der Waals surface area contributed by atoms with Gasteiger partial charge in [-0.1, -0.05) is 20.8 Å². The molecule has 0 radical (unpaired) electrons. The molecule has 0 heterocycles. The molecule has 1 amide bonds. The Kier molecular flexibility index (Phi) is 4.36. The maximum absolute atomic E-state index is 12.5. The number of nitrogens with two attached hydrogens (primary N) is 1. The number of nitrogens with zero attached hydrogens (tertiary/aromatic N) is 1. The van der Waals surface area contributed by atoms with Crippen molar-refractivity contribution in [1.82, 2.24) is 4.90 Å². The minimum Gasteiger partial charge on any atom is -0.339 e. The molecule has 3 heteroatoms. The molecule has 0 saturated heterocycles. The average Bonchev–Trinajstić information content (AvgIpc) is 3.07. The third-order valence-corrected chi connectivity index (χ3v) is 3.56. The van der Waals surface area contributed by atoms with Crippen molar-refractivity contribution in [3.05, 3.63) is 0 Å². The van der Waals surface area contributed by atoms with Gasteiger partial charge in [-0.15, -0.1) is 0 Å². The van der Waals surface area contributed by atoms with E-state index in [1.165, 1.54) is 12.8 Å². The number of rotatable bonds is 6. The summed E-state index contributed by atoms with van der Waals surface area (Å²) in [5, 5.41) is 0. The van der Waals surface area contributed by atoms with Crippen molar-refractivity contribution < 1.29 is 4.79 Å². The smallest absolute Gasteiger partial charge is 0.230 e. The van der Waals surface area contributed by atoms with Crippen molar-refractivity contribution in [3.8, 4) is 0 Å². The molecule has 0 aromatic heterocycles. The molecule has 2 N–H and O–H groups in total. The highest BCUT2D eigenvalue weighted by atomic mass is 16.2. The summed E-state index contributed by atoms with van der Waals surface area (Å²) in [5.41, 5.74) is 5.40. The van der Waals surface area contributed by atoms with Gasteiger partial charge in [0.1, 0.15) is 0 Å². The van der Waals surface area contributed by atoms with Gasteiger partial charge in [-0.2, -0.15) is 0 Å². The summed E-state index contributed by atoms with van der Waals surface area (Å²) in [7, 11) is 0. The molecule has 1 aliphatic rings. The first-order valence-electron chi connectivity index (χ1n) is 6.45. The van der Waals surface area contributed by atoms with Gasteiger partial charge in [-0.3, -0.25) is 4.79 Å². The van der Waals surface area contributed by atoms with E-state index in [-0.39, 0.29) is 11.3 Å². The van der Waals surface area contributed by atoms with Crippen LogP contribution in [0.2, 0.25) is 0 Å². The monoisotopic (exact) mass is 226 g/mol. The maximum atomic E-state index is 12.5. The number of carbonyl (C=O) groups excluding carboxylic acids is 1. The van der Waals surface area contributed by atoms with Crippen molar-refractivity contribution in [2.75, 3.05) is 13.1 Å². The lowest BCUT2D eigenvalue weighted by Gasteiger charge is -2.34. The molecule has 94 valence electrons. The Hall–Kier alpha value is -0.570. The highest BCUT2D eigenvalue weighted by Gasteiger charge is 2.40. The Balaban J connectivity index is 2.73. The molecule has 0 aromatic rings. The Morgan fingerprint density at radius 3 is 2.38 bits per heavy atom. The lowest BCUT2D eigenvalue weighted by molar-refractivity contribution is -0.142. The summed E-state index contributed by atoms with van der Waals surface area (Å²) >= 11 is 0. The molecule has 1 fully saturated rings. The third kappa shape index (κ3) is 2.97. The quantitative estimate of drug-likeness (QED) is 0.753. The molecule has 0 spiro atoms. The first-order valence-corrected chi connectivity index (χ1v) is 6.45. The van der Waals surface area contributed by atoms with Crippen LogP contribution in [0.3, 0.4) is 0 Å². The number of hydrogen-bond donors (Lipinski definition) is 1. The lowest BCUT2D eigenvalue weighted by atomic mass is 9.85.